The number of ether oxygens (including phenoxy) is 1. The molecule has 0 aliphatic carbocycles. The summed E-state index contributed by atoms with van der Waals surface area (Å²) < 4.78 is 2.83. The first-order chi connectivity index (χ1) is 6.35. The molecule has 82 valence electrons. The molecule has 0 aromatic rings. The van der Waals surface area contributed by atoms with Crippen molar-refractivity contribution in [2.45, 2.75) is 3.79 Å². The maximum absolute atomic E-state index is 10.8. The number of likely N-dealkylation sites (N-methyl/N-ethyl adjacent to an activating group) is 1. The first-order valence-corrected chi connectivity index (χ1v) is 4.66. The van der Waals surface area contributed by atoms with E-state index in [1.54, 1.807) is 0 Å². The Labute approximate surface area is 96.0 Å². The Bertz CT molecular complexity index is 217. The molecule has 0 heterocycles. The molecule has 0 unspecified atom stereocenters. The summed E-state index contributed by atoms with van der Waals surface area (Å²) in [7, 11) is 1.44. The van der Waals surface area contributed by atoms with Crippen LogP contribution in [-0.4, -0.2) is 36.0 Å². The minimum absolute atomic E-state index is 0.185. The normalized spacial score (nSPS) is 10.6. The Morgan fingerprint density at radius 2 is 1.93 bits per heavy atom. The summed E-state index contributed by atoms with van der Waals surface area (Å²) in [6.45, 7) is -0.563. The van der Waals surface area contributed by atoms with Gasteiger partial charge < -0.3 is 15.4 Å². The quantitative estimate of drug-likeness (QED) is 0.741. The van der Waals surface area contributed by atoms with E-state index in [1.807, 2.05) is 0 Å². The molecule has 8 heteroatoms. The Balaban J connectivity index is 3.62. The minimum atomic E-state index is -1.65. The molecule has 0 aromatic carbocycles. The van der Waals surface area contributed by atoms with Gasteiger partial charge in [-0.2, -0.15) is 0 Å². The number of halogens is 3. The minimum Gasteiger partial charge on any atom is -0.445 e. The van der Waals surface area contributed by atoms with E-state index in [9.17, 15) is 9.59 Å². The van der Waals surface area contributed by atoms with Gasteiger partial charge in [0.2, 0.25) is 9.70 Å². The van der Waals surface area contributed by atoms with Gasteiger partial charge in [0.15, 0.2) is 0 Å². The predicted octanol–water partition coefficient (Wildman–Crippen LogP) is 0.829. The highest BCUT2D eigenvalue weighted by molar-refractivity contribution is 6.67. The van der Waals surface area contributed by atoms with Gasteiger partial charge >= 0.3 is 6.09 Å². The van der Waals surface area contributed by atoms with Crippen molar-refractivity contribution in [2.75, 3.05) is 20.2 Å². The van der Waals surface area contributed by atoms with Crippen LogP contribution in [0.15, 0.2) is 0 Å². The fraction of sp³-hybridized carbons (Fsp3) is 0.667. The zero-order valence-corrected chi connectivity index (χ0v) is 9.54. The van der Waals surface area contributed by atoms with Crippen LogP contribution in [0, 0.1) is 0 Å². The van der Waals surface area contributed by atoms with E-state index in [4.69, 9.17) is 34.8 Å². The average Bonchev–Trinajstić information content (AvgIpc) is 2.09. The van der Waals surface area contributed by atoms with Crippen LogP contribution in [0.4, 0.5) is 4.79 Å². The van der Waals surface area contributed by atoms with Crippen LogP contribution in [0.3, 0.4) is 0 Å². The number of alkyl carbamates (subject to hydrolysis) is 1. The first-order valence-electron chi connectivity index (χ1n) is 3.53. The predicted molar refractivity (Wildman–Crippen MR) is 53.7 cm³/mol. The lowest BCUT2D eigenvalue weighted by molar-refractivity contribution is -0.119. The molecule has 2 amide bonds. The van der Waals surface area contributed by atoms with E-state index in [1.165, 1.54) is 7.05 Å². The molecule has 0 aliphatic rings. The summed E-state index contributed by atoms with van der Waals surface area (Å²) in [5.74, 6) is -0.351. The van der Waals surface area contributed by atoms with Gasteiger partial charge in [-0.05, 0) is 0 Å². The summed E-state index contributed by atoms with van der Waals surface area (Å²) >= 11 is 15.9. The fourth-order valence-corrected chi connectivity index (χ4v) is 0.603. The molecule has 0 bridgehead atoms. The molecule has 0 aromatic heterocycles. The zero-order valence-electron chi connectivity index (χ0n) is 7.27. The number of amides is 2. The molecule has 0 radical (unpaired) electrons. The van der Waals surface area contributed by atoms with E-state index >= 15 is 0 Å². The molecule has 2 N–H and O–H groups in total. The molecule has 0 saturated carbocycles. The third kappa shape index (κ3) is 8.22. The van der Waals surface area contributed by atoms with Crippen LogP contribution in [0.2, 0.25) is 0 Å². The lowest BCUT2D eigenvalue weighted by Gasteiger charge is -2.11. The Kier molecular flexibility index (Phi) is 5.99. The SMILES string of the molecule is CNC(=O)CNC(=O)OCC(Cl)(Cl)Cl. The van der Waals surface area contributed by atoms with Crippen LogP contribution in [0.25, 0.3) is 0 Å². The topological polar surface area (TPSA) is 67.4 Å². The molecule has 14 heavy (non-hydrogen) atoms. The molecule has 0 spiro atoms. The zero-order chi connectivity index (χ0) is 11.2. The highest BCUT2D eigenvalue weighted by Crippen LogP contribution is 2.25. The number of alkyl halides is 3. The molecule has 0 aliphatic heterocycles. The van der Waals surface area contributed by atoms with Crippen LogP contribution < -0.4 is 10.6 Å². The number of carbonyl (C=O) groups excluding carboxylic acids is 2. The highest BCUT2D eigenvalue weighted by Gasteiger charge is 2.22. The maximum Gasteiger partial charge on any atom is 0.407 e. The third-order valence-electron chi connectivity index (χ3n) is 1.04. The molecular formula is C6H9Cl3N2O3. The van der Waals surface area contributed by atoms with E-state index in [0.29, 0.717) is 0 Å². The number of carbonyl (C=O) groups is 2. The fourth-order valence-electron chi connectivity index (χ4n) is 0.439. The summed E-state index contributed by atoms with van der Waals surface area (Å²) in [6, 6.07) is 0. The van der Waals surface area contributed by atoms with Crippen molar-refractivity contribution in [2.24, 2.45) is 0 Å². The monoisotopic (exact) mass is 262 g/mol. The molecule has 0 saturated heterocycles. The molecular weight excluding hydrogens is 254 g/mol. The van der Waals surface area contributed by atoms with Crippen molar-refractivity contribution in [1.82, 2.24) is 10.6 Å². The summed E-state index contributed by atoms with van der Waals surface area (Å²) in [5.41, 5.74) is 0. The summed E-state index contributed by atoms with van der Waals surface area (Å²) in [6.07, 6.45) is -0.820. The van der Waals surface area contributed by atoms with Gasteiger partial charge in [-0.15, -0.1) is 0 Å². The Morgan fingerprint density at radius 3 is 2.36 bits per heavy atom. The molecule has 0 rings (SSSR count). The van der Waals surface area contributed by atoms with E-state index in [0.717, 1.165) is 0 Å². The summed E-state index contributed by atoms with van der Waals surface area (Å²) in [4.78, 5) is 21.5. The van der Waals surface area contributed by atoms with Crippen LogP contribution in [-0.2, 0) is 9.53 Å². The second-order valence-electron chi connectivity index (χ2n) is 2.22. The van der Waals surface area contributed by atoms with Gasteiger partial charge in [-0.25, -0.2) is 4.79 Å². The highest BCUT2D eigenvalue weighted by atomic mass is 35.6. The smallest absolute Gasteiger partial charge is 0.407 e. The van der Waals surface area contributed by atoms with Crippen LogP contribution >= 0.6 is 34.8 Å². The molecule has 0 atom stereocenters. The number of hydrogen-bond acceptors (Lipinski definition) is 3. The van der Waals surface area contributed by atoms with Crippen molar-refractivity contribution < 1.29 is 14.3 Å². The van der Waals surface area contributed by atoms with Gasteiger partial charge in [0.05, 0.1) is 6.54 Å². The van der Waals surface area contributed by atoms with Crippen molar-refractivity contribution in [3.05, 3.63) is 0 Å². The van der Waals surface area contributed by atoms with Crippen molar-refractivity contribution >= 4 is 46.8 Å². The van der Waals surface area contributed by atoms with Crippen LogP contribution in [0.5, 0.6) is 0 Å². The van der Waals surface area contributed by atoms with Crippen molar-refractivity contribution in [3.63, 3.8) is 0 Å². The Hall–Kier alpha value is -0.390. The van der Waals surface area contributed by atoms with Crippen LogP contribution in [0.1, 0.15) is 0 Å². The summed E-state index contributed by atoms with van der Waals surface area (Å²) in [5, 5.41) is 4.46. The molecule has 0 fully saturated rings. The van der Waals surface area contributed by atoms with Gasteiger partial charge in [0.1, 0.15) is 6.61 Å². The van der Waals surface area contributed by atoms with Crippen molar-refractivity contribution in [1.29, 1.82) is 0 Å². The van der Waals surface area contributed by atoms with E-state index in [-0.39, 0.29) is 19.1 Å². The Morgan fingerprint density at radius 1 is 1.36 bits per heavy atom. The van der Waals surface area contributed by atoms with Crippen molar-refractivity contribution in [3.8, 4) is 0 Å². The first kappa shape index (κ1) is 13.6. The van der Waals surface area contributed by atoms with Gasteiger partial charge in [0.25, 0.3) is 0 Å². The van der Waals surface area contributed by atoms with E-state index < -0.39 is 9.89 Å². The van der Waals surface area contributed by atoms with Gasteiger partial charge in [0, 0.05) is 7.05 Å². The number of hydrogen-bond donors (Lipinski definition) is 2. The second kappa shape index (κ2) is 6.16. The largest absolute Gasteiger partial charge is 0.445 e. The second-order valence-corrected chi connectivity index (χ2v) is 4.73. The molecule has 5 nitrogen and oxygen atoms in total. The standard InChI is InChI=1S/C6H9Cl3N2O3/c1-10-4(12)2-11-5(13)14-3-6(7,8)9/h2-3H2,1H3,(H,10,12)(H,11,13). The number of nitrogens with one attached hydrogen (secondary N) is 2. The lowest BCUT2D eigenvalue weighted by atomic mass is 10.6. The van der Waals surface area contributed by atoms with Gasteiger partial charge in [-0.1, -0.05) is 34.8 Å². The third-order valence-corrected chi connectivity index (χ3v) is 1.37. The number of rotatable bonds is 3. The van der Waals surface area contributed by atoms with Gasteiger partial charge in [-0.3, -0.25) is 4.79 Å². The maximum atomic E-state index is 10.8. The lowest BCUT2D eigenvalue weighted by Crippen LogP contribution is -2.36. The van der Waals surface area contributed by atoms with E-state index in [2.05, 4.69) is 15.4 Å². The average molecular weight is 264 g/mol.